The van der Waals surface area contributed by atoms with Crippen molar-refractivity contribution in [3.05, 3.63) is 83.9 Å². The minimum absolute atomic E-state index is 0.0820. The number of ether oxygens (including phenoxy) is 3. The first kappa shape index (κ1) is 24.9. The van der Waals surface area contributed by atoms with Crippen LogP contribution in [0.4, 0.5) is 0 Å². The molecule has 186 valence electrons. The fourth-order valence-electron chi connectivity index (χ4n) is 4.18. The molecule has 0 saturated heterocycles. The molecule has 0 unspecified atom stereocenters. The van der Waals surface area contributed by atoms with Gasteiger partial charge in [0.25, 0.3) is 0 Å². The molecule has 1 heterocycles. The molecule has 7 heteroatoms. The average molecular weight is 487 g/mol. The van der Waals surface area contributed by atoms with Crippen molar-refractivity contribution in [1.82, 2.24) is 9.78 Å². The van der Waals surface area contributed by atoms with Crippen molar-refractivity contribution in [1.29, 1.82) is 0 Å². The van der Waals surface area contributed by atoms with Crippen LogP contribution in [0.3, 0.4) is 0 Å². The number of hydrogen-bond acceptors (Lipinski definition) is 5. The quantitative estimate of drug-likeness (QED) is 0.293. The molecule has 0 radical (unpaired) electrons. The van der Waals surface area contributed by atoms with Crippen molar-refractivity contribution in [2.45, 2.75) is 26.8 Å². The highest BCUT2D eigenvalue weighted by Crippen LogP contribution is 2.37. The van der Waals surface area contributed by atoms with Crippen molar-refractivity contribution in [3.63, 3.8) is 0 Å². The molecule has 0 aliphatic carbocycles. The molecule has 1 N–H and O–H groups in total. The lowest BCUT2D eigenvalue weighted by Crippen LogP contribution is -2.06. The summed E-state index contributed by atoms with van der Waals surface area (Å²) >= 11 is 0. The van der Waals surface area contributed by atoms with Gasteiger partial charge in [0.1, 0.15) is 17.2 Å². The van der Waals surface area contributed by atoms with E-state index in [1.54, 1.807) is 13.2 Å². The van der Waals surface area contributed by atoms with Crippen LogP contribution in [0.2, 0.25) is 0 Å². The predicted octanol–water partition coefficient (Wildman–Crippen LogP) is 5.70. The van der Waals surface area contributed by atoms with Crippen LogP contribution in [-0.2, 0) is 17.8 Å². The minimum Gasteiger partial charge on any atom is -0.496 e. The average Bonchev–Trinajstić information content (AvgIpc) is 3.29. The van der Waals surface area contributed by atoms with Gasteiger partial charge in [0.05, 0.1) is 44.7 Å². The molecule has 0 fully saturated rings. The van der Waals surface area contributed by atoms with E-state index in [1.807, 2.05) is 85.3 Å². The van der Waals surface area contributed by atoms with Crippen LogP contribution in [0.5, 0.6) is 17.2 Å². The van der Waals surface area contributed by atoms with Crippen LogP contribution < -0.4 is 14.2 Å². The van der Waals surface area contributed by atoms with Gasteiger partial charge >= 0.3 is 5.97 Å². The molecule has 0 amide bonds. The Balaban J connectivity index is 1.89. The van der Waals surface area contributed by atoms with Crippen molar-refractivity contribution in [2.75, 3.05) is 20.3 Å². The molecule has 0 bridgehead atoms. The molecule has 1 aromatic heterocycles. The molecule has 0 spiro atoms. The SMILES string of the molecule is CCOc1ccc(CC(=O)O)cc1-c1cc(-c2ccccc2OCC)n(Cc2ccccc2OC)n1. The zero-order chi connectivity index (χ0) is 25.5. The van der Waals surface area contributed by atoms with Gasteiger partial charge in [-0.1, -0.05) is 36.4 Å². The molecule has 3 aromatic carbocycles. The number of methoxy groups -OCH3 is 1. The van der Waals surface area contributed by atoms with E-state index in [1.165, 1.54) is 0 Å². The molecular formula is C29H30N2O5. The second-order valence-corrected chi connectivity index (χ2v) is 8.15. The van der Waals surface area contributed by atoms with Crippen LogP contribution >= 0.6 is 0 Å². The largest absolute Gasteiger partial charge is 0.496 e. The Hall–Kier alpha value is -4.26. The van der Waals surface area contributed by atoms with Crippen LogP contribution in [-0.4, -0.2) is 41.2 Å². The molecule has 0 aliphatic rings. The first-order chi connectivity index (χ1) is 17.5. The van der Waals surface area contributed by atoms with Gasteiger partial charge in [0, 0.05) is 16.7 Å². The fraction of sp³-hybridized carbons (Fsp3) is 0.241. The number of carboxylic acids is 1. The van der Waals surface area contributed by atoms with Crippen LogP contribution in [0, 0.1) is 0 Å². The normalized spacial score (nSPS) is 10.8. The molecule has 0 atom stereocenters. The van der Waals surface area contributed by atoms with Crippen molar-refractivity contribution in [3.8, 4) is 39.8 Å². The number of carboxylic acid groups (broad SMARTS) is 1. The monoisotopic (exact) mass is 486 g/mol. The third-order valence-corrected chi connectivity index (χ3v) is 5.73. The summed E-state index contributed by atoms with van der Waals surface area (Å²) in [6.45, 7) is 5.36. The van der Waals surface area contributed by atoms with E-state index >= 15 is 0 Å². The molecule has 4 aromatic rings. The van der Waals surface area contributed by atoms with Gasteiger partial charge in [-0.3, -0.25) is 9.48 Å². The van der Waals surface area contributed by atoms with E-state index in [0.29, 0.717) is 36.8 Å². The molecule has 0 aliphatic heterocycles. The number of aromatic nitrogens is 2. The zero-order valence-electron chi connectivity index (χ0n) is 20.7. The van der Waals surface area contributed by atoms with Gasteiger partial charge in [0.2, 0.25) is 0 Å². The smallest absolute Gasteiger partial charge is 0.307 e. The summed E-state index contributed by atoms with van der Waals surface area (Å²) in [5.41, 5.74) is 4.86. The number of nitrogens with zero attached hydrogens (tertiary/aromatic N) is 2. The number of benzene rings is 3. The van der Waals surface area contributed by atoms with Crippen molar-refractivity contribution < 1.29 is 24.1 Å². The summed E-state index contributed by atoms with van der Waals surface area (Å²) < 4.78 is 19.3. The number of para-hydroxylation sites is 2. The lowest BCUT2D eigenvalue weighted by Gasteiger charge is -2.13. The predicted molar refractivity (Wildman–Crippen MR) is 139 cm³/mol. The number of aliphatic carboxylic acids is 1. The molecular weight excluding hydrogens is 456 g/mol. The maximum Gasteiger partial charge on any atom is 0.307 e. The summed E-state index contributed by atoms with van der Waals surface area (Å²) in [6.07, 6.45) is -0.0820. The highest BCUT2D eigenvalue weighted by molar-refractivity contribution is 5.77. The lowest BCUT2D eigenvalue weighted by atomic mass is 10.0. The van der Waals surface area contributed by atoms with Crippen LogP contribution in [0.25, 0.3) is 22.5 Å². The number of hydrogen-bond donors (Lipinski definition) is 1. The Labute approximate surface area is 210 Å². The van der Waals surface area contributed by atoms with Crippen LogP contribution in [0.15, 0.2) is 72.8 Å². The zero-order valence-corrected chi connectivity index (χ0v) is 20.7. The summed E-state index contributed by atoms with van der Waals surface area (Å²) in [6, 6.07) is 23.1. The van der Waals surface area contributed by atoms with Gasteiger partial charge in [-0.2, -0.15) is 5.10 Å². The number of rotatable bonds is 11. The second kappa shape index (κ2) is 11.4. The Morgan fingerprint density at radius 3 is 2.22 bits per heavy atom. The van der Waals surface area contributed by atoms with Crippen molar-refractivity contribution >= 4 is 5.97 Å². The van der Waals surface area contributed by atoms with E-state index in [9.17, 15) is 9.90 Å². The maximum absolute atomic E-state index is 11.4. The topological polar surface area (TPSA) is 82.8 Å². The van der Waals surface area contributed by atoms with E-state index < -0.39 is 5.97 Å². The maximum atomic E-state index is 11.4. The van der Waals surface area contributed by atoms with Gasteiger partial charge in [-0.25, -0.2) is 0 Å². The van der Waals surface area contributed by atoms with Gasteiger partial charge in [-0.15, -0.1) is 0 Å². The van der Waals surface area contributed by atoms with Crippen LogP contribution in [0.1, 0.15) is 25.0 Å². The molecule has 0 saturated carbocycles. The Morgan fingerprint density at radius 1 is 0.861 bits per heavy atom. The van der Waals surface area contributed by atoms with Gasteiger partial charge in [-0.05, 0) is 55.8 Å². The van der Waals surface area contributed by atoms with E-state index in [2.05, 4.69) is 0 Å². The second-order valence-electron chi connectivity index (χ2n) is 8.15. The van der Waals surface area contributed by atoms with E-state index in [4.69, 9.17) is 19.3 Å². The number of carbonyl (C=O) groups is 1. The van der Waals surface area contributed by atoms with Gasteiger partial charge in [0.15, 0.2) is 0 Å². The summed E-state index contributed by atoms with van der Waals surface area (Å²) in [5.74, 6) is 1.30. The summed E-state index contributed by atoms with van der Waals surface area (Å²) in [4.78, 5) is 11.4. The lowest BCUT2D eigenvalue weighted by molar-refractivity contribution is -0.136. The van der Waals surface area contributed by atoms with E-state index in [0.717, 1.165) is 33.9 Å². The Kier molecular flexibility index (Phi) is 7.90. The standard InChI is InChI=1S/C29H30N2O5/c1-4-35-27-13-9-7-11-22(27)25-18-24(30-31(25)19-21-10-6-8-12-26(21)34-3)23-16-20(17-29(32)33)14-15-28(23)36-5-2/h6-16,18H,4-5,17,19H2,1-3H3,(H,32,33). The summed E-state index contributed by atoms with van der Waals surface area (Å²) in [5, 5.41) is 14.3. The van der Waals surface area contributed by atoms with E-state index in [-0.39, 0.29) is 6.42 Å². The molecule has 36 heavy (non-hydrogen) atoms. The summed E-state index contributed by atoms with van der Waals surface area (Å²) in [7, 11) is 1.65. The Morgan fingerprint density at radius 2 is 1.53 bits per heavy atom. The molecule has 4 rings (SSSR count). The highest BCUT2D eigenvalue weighted by atomic mass is 16.5. The Bertz CT molecular complexity index is 1350. The van der Waals surface area contributed by atoms with Crippen molar-refractivity contribution in [2.24, 2.45) is 0 Å². The third-order valence-electron chi connectivity index (χ3n) is 5.73. The van der Waals surface area contributed by atoms with Gasteiger partial charge < -0.3 is 19.3 Å². The first-order valence-electron chi connectivity index (χ1n) is 11.9. The minimum atomic E-state index is -0.891. The molecule has 7 nitrogen and oxygen atoms in total. The first-order valence-corrected chi connectivity index (χ1v) is 11.9. The third kappa shape index (κ3) is 5.51. The highest BCUT2D eigenvalue weighted by Gasteiger charge is 2.19. The fourth-order valence-corrected chi connectivity index (χ4v) is 4.18.